The van der Waals surface area contributed by atoms with Crippen LogP contribution in [0.4, 0.5) is 0 Å². The van der Waals surface area contributed by atoms with Gasteiger partial charge in [0.2, 0.25) is 0 Å². The Morgan fingerprint density at radius 2 is 1.50 bits per heavy atom. The molecular weight excluding hydrogens is 319 g/mol. The zero-order valence-corrected chi connectivity index (χ0v) is 17.1. The molecule has 0 N–H and O–H groups in total. The van der Waals surface area contributed by atoms with Gasteiger partial charge in [-0.3, -0.25) is 0 Å². The summed E-state index contributed by atoms with van der Waals surface area (Å²) in [6, 6.07) is 10.8. The van der Waals surface area contributed by atoms with Gasteiger partial charge in [-0.15, -0.1) is 0 Å². The van der Waals surface area contributed by atoms with Crippen LogP contribution in [-0.4, -0.2) is 18.3 Å². The highest BCUT2D eigenvalue weighted by Gasteiger charge is 2.53. The number of benzene rings is 1. The van der Waals surface area contributed by atoms with Gasteiger partial charge in [-0.25, -0.2) is 0 Å². The molecule has 2 aliphatic rings. The summed E-state index contributed by atoms with van der Waals surface area (Å²) in [5.41, 5.74) is 2.50. The molecule has 0 spiro atoms. The zero-order valence-electron chi connectivity index (χ0n) is 17.1. The van der Waals surface area contributed by atoms with E-state index in [1.165, 1.54) is 44.1 Å². The van der Waals surface area contributed by atoms with E-state index < -0.39 is 0 Å². The predicted octanol–water partition coefficient (Wildman–Crippen LogP) is 6.36. The Morgan fingerprint density at radius 3 is 2.08 bits per heavy atom. The molecule has 0 bridgehead atoms. The molecule has 0 radical (unpaired) electrons. The molecule has 0 amide bonds. The molecule has 0 unspecified atom stereocenters. The highest BCUT2D eigenvalue weighted by molar-refractivity contribution is 6.48. The second-order valence-electron chi connectivity index (χ2n) is 9.05. The predicted molar refractivity (Wildman–Crippen MR) is 110 cm³/mol. The van der Waals surface area contributed by atoms with E-state index in [4.69, 9.17) is 9.31 Å². The third kappa shape index (κ3) is 4.81. The third-order valence-corrected chi connectivity index (χ3v) is 6.43. The van der Waals surface area contributed by atoms with E-state index in [-0.39, 0.29) is 18.3 Å². The van der Waals surface area contributed by atoms with Crippen molar-refractivity contribution in [2.45, 2.75) is 96.1 Å². The van der Waals surface area contributed by atoms with Crippen LogP contribution in [-0.2, 0) is 15.7 Å². The van der Waals surface area contributed by atoms with Crippen LogP contribution in [0.1, 0.15) is 78.2 Å². The van der Waals surface area contributed by atoms with Gasteiger partial charge in [-0.05, 0) is 71.8 Å². The highest BCUT2D eigenvalue weighted by atomic mass is 16.7. The van der Waals surface area contributed by atoms with Crippen molar-refractivity contribution in [1.82, 2.24) is 0 Å². The first-order chi connectivity index (χ1) is 12.4. The third-order valence-electron chi connectivity index (χ3n) is 6.43. The molecule has 1 aliphatic heterocycles. The van der Waals surface area contributed by atoms with Crippen LogP contribution in [0.2, 0.25) is 5.82 Å². The van der Waals surface area contributed by atoms with Gasteiger partial charge in [-0.1, -0.05) is 54.8 Å². The quantitative estimate of drug-likeness (QED) is 0.348. The van der Waals surface area contributed by atoms with Crippen LogP contribution in [0.15, 0.2) is 42.0 Å². The van der Waals surface area contributed by atoms with Gasteiger partial charge in [0, 0.05) is 5.82 Å². The Balaban J connectivity index is 1.76. The van der Waals surface area contributed by atoms with E-state index >= 15 is 0 Å². The number of hydrogen-bond donors (Lipinski definition) is 0. The Labute approximate surface area is 160 Å². The molecule has 1 saturated carbocycles. The van der Waals surface area contributed by atoms with Gasteiger partial charge in [0.25, 0.3) is 0 Å². The van der Waals surface area contributed by atoms with Crippen molar-refractivity contribution in [2.24, 2.45) is 0 Å². The molecule has 2 nitrogen and oxygen atoms in total. The minimum absolute atomic E-state index is 0.139. The van der Waals surface area contributed by atoms with E-state index in [2.05, 4.69) is 64.1 Å². The van der Waals surface area contributed by atoms with Gasteiger partial charge < -0.3 is 9.31 Å². The van der Waals surface area contributed by atoms with Gasteiger partial charge >= 0.3 is 7.12 Å². The topological polar surface area (TPSA) is 18.5 Å². The first-order valence-electron chi connectivity index (χ1n) is 10.5. The minimum Gasteiger partial charge on any atom is -0.403 e. The molecule has 3 rings (SSSR count). The van der Waals surface area contributed by atoms with Gasteiger partial charge in [-0.2, -0.15) is 0 Å². The molecule has 3 heteroatoms. The summed E-state index contributed by atoms with van der Waals surface area (Å²) < 4.78 is 12.8. The first kappa shape index (κ1) is 19.7. The van der Waals surface area contributed by atoms with Crippen molar-refractivity contribution in [3.05, 3.63) is 47.5 Å². The zero-order chi connectivity index (χ0) is 18.6. The fourth-order valence-electron chi connectivity index (χ4n) is 3.99. The monoisotopic (exact) mass is 354 g/mol. The number of aryl methyl sites for hydroxylation is 1. The lowest BCUT2D eigenvalue weighted by Gasteiger charge is -2.32. The highest BCUT2D eigenvalue weighted by Crippen LogP contribution is 2.42. The summed E-state index contributed by atoms with van der Waals surface area (Å²) in [5.74, 6) is 0.323. The summed E-state index contributed by atoms with van der Waals surface area (Å²) >= 11 is 0. The normalized spacial score (nSPS) is 23.5. The molecule has 2 fully saturated rings. The molecule has 1 aromatic carbocycles. The molecule has 142 valence electrons. The maximum Gasteiger partial charge on any atom is 0.465 e. The maximum absolute atomic E-state index is 6.42. The van der Waals surface area contributed by atoms with Gasteiger partial charge in [0.05, 0.1) is 11.2 Å². The van der Waals surface area contributed by atoms with E-state index in [0.717, 1.165) is 12.8 Å². The van der Waals surface area contributed by atoms with Crippen molar-refractivity contribution in [1.29, 1.82) is 0 Å². The second kappa shape index (κ2) is 8.31. The Kier molecular flexibility index (Phi) is 6.30. The average molecular weight is 354 g/mol. The first-order valence-corrected chi connectivity index (χ1v) is 10.5. The van der Waals surface area contributed by atoms with Crippen LogP contribution in [0.3, 0.4) is 0 Å². The SMILES string of the molecule is CC1(C)OB([C@H](C=C2CCCCCC2)CCc2ccccc2)OC1(C)C. The van der Waals surface area contributed by atoms with Crippen LogP contribution in [0, 0.1) is 0 Å². The number of rotatable bonds is 5. The number of allylic oxidation sites excluding steroid dienone is 2. The van der Waals surface area contributed by atoms with Crippen LogP contribution >= 0.6 is 0 Å². The largest absolute Gasteiger partial charge is 0.465 e. The lowest BCUT2D eigenvalue weighted by Crippen LogP contribution is -2.41. The molecule has 1 saturated heterocycles. The van der Waals surface area contributed by atoms with Crippen molar-refractivity contribution in [3.8, 4) is 0 Å². The Hall–Kier alpha value is -1.06. The van der Waals surface area contributed by atoms with E-state index in [1.807, 2.05) is 0 Å². The van der Waals surface area contributed by atoms with E-state index in [9.17, 15) is 0 Å². The lowest BCUT2D eigenvalue weighted by molar-refractivity contribution is 0.00578. The van der Waals surface area contributed by atoms with Crippen molar-refractivity contribution in [2.75, 3.05) is 0 Å². The second-order valence-corrected chi connectivity index (χ2v) is 9.05. The smallest absolute Gasteiger partial charge is 0.403 e. The maximum atomic E-state index is 6.42. The van der Waals surface area contributed by atoms with Crippen molar-refractivity contribution < 1.29 is 9.31 Å². The van der Waals surface area contributed by atoms with E-state index in [0.29, 0.717) is 5.82 Å². The van der Waals surface area contributed by atoms with E-state index in [1.54, 1.807) is 5.57 Å². The minimum atomic E-state index is -0.259. The van der Waals surface area contributed by atoms with Gasteiger partial charge in [0.15, 0.2) is 0 Å². The summed E-state index contributed by atoms with van der Waals surface area (Å²) in [6.45, 7) is 8.61. The molecular formula is C23H35BO2. The van der Waals surface area contributed by atoms with Crippen molar-refractivity contribution in [3.63, 3.8) is 0 Å². The van der Waals surface area contributed by atoms with Crippen LogP contribution < -0.4 is 0 Å². The molecule has 1 aliphatic carbocycles. The molecule has 26 heavy (non-hydrogen) atoms. The Bertz CT molecular complexity index is 580. The summed E-state index contributed by atoms with van der Waals surface area (Å²) in [6.07, 6.45) is 12.6. The molecule has 0 aromatic heterocycles. The molecule has 1 heterocycles. The molecule has 1 atom stereocenters. The fraction of sp³-hybridized carbons (Fsp3) is 0.652. The summed E-state index contributed by atoms with van der Waals surface area (Å²) in [5, 5.41) is 0. The fourth-order valence-corrected chi connectivity index (χ4v) is 3.99. The summed E-state index contributed by atoms with van der Waals surface area (Å²) in [4.78, 5) is 0. The van der Waals surface area contributed by atoms with Crippen LogP contribution in [0.5, 0.6) is 0 Å². The summed E-state index contributed by atoms with van der Waals surface area (Å²) in [7, 11) is -0.139. The molecule has 1 aromatic rings. The number of hydrogen-bond acceptors (Lipinski definition) is 2. The van der Waals surface area contributed by atoms with Gasteiger partial charge in [0.1, 0.15) is 0 Å². The Morgan fingerprint density at radius 1 is 0.923 bits per heavy atom. The van der Waals surface area contributed by atoms with Crippen LogP contribution in [0.25, 0.3) is 0 Å². The van der Waals surface area contributed by atoms with Crippen molar-refractivity contribution >= 4 is 7.12 Å². The lowest BCUT2D eigenvalue weighted by atomic mass is 9.68. The standard InChI is InChI=1S/C23H35BO2/c1-22(2)23(3,4)26-24(25-22)21(17-16-19-12-10-7-11-13-19)18-20-14-8-5-6-9-15-20/h7,10-13,18,21H,5-6,8-9,14-17H2,1-4H3/t21-/m0/s1. The average Bonchev–Trinajstić information content (AvgIpc) is 2.77.